The van der Waals surface area contributed by atoms with Crippen LogP contribution in [-0.4, -0.2) is 36.0 Å². The van der Waals surface area contributed by atoms with Crippen LogP contribution in [0.4, 0.5) is 8.78 Å². The third kappa shape index (κ3) is 7.77. The predicted molar refractivity (Wildman–Crippen MR) is 129 cm³/mol. The summed E-state index contributed by atoms with van der Waals surface area (Å²) in [7, 11) is 2.02. The predicted octanol–water partition coefficient (Wildman–Crippen LogP) is 5.89. The lowest BCUT2D eigenvalue weighted by molar-refractivity contribution is 0.222. The summed E-state index contributed by atoms with van der Waals surface area (Å²) < 4.78 is 26.9. The largest absolute Gasteiger partial charge is 0.295 e. The van der Waals surface area contributed by atoms with Gasteiger partial charge in [0.15, 0.2) is 11.6 Å². The SMILES string of the molecule is C#CCN(C)Cc1ccc(CN(CC(C)C)[C@@H]2C[C@H]2c2ccc(F)c(F)c2)cc1.Cl.Cl. The molecule has 2 nitrogen and oxygen atoms in total. The maximum absolute atomic E-state index is 13.6. The molecule has 0 saturated heterocycles. The first-order valence-electron chi connectivity index (χ1n) is 10.3. The lowest BCUT2D eigenvalue weighted by atomic mass is 10.1. The van der Waals surface area contributed by atoms with E-state index < -0.39 is 11.6 Å². The zero-order valence-corrected chi connectivity index (χ0v) is 20.0. The van der Waals surface area contributed by atoms with E-state index in [0.29, 0.717) is 18.5 Å². The molecular weight excluding hydrogens is 437 g/mol. The van der Waals surface area contributed by atoms with Gasteiger partial charge < -0.3 is 0 Å². The number of nitrogens with zero attached hydrogens (tertiary/aromatic N) is 2. The van der Waals surface area contributed by atoms with Crippen LogP contribution in [0, 0.1) is 29.9 Å². The van der Waals surface area contributed by atoms with Crippen molar-refractivity contribution in [3.63, 3.8) is 0 Å². The van der Waals surface area contributed by atoms with E-state index >= 15 is 0 Å². The Labute approximate surface area is 197 Å². The van der Waals surface area contributed by atoms with Gasteiger partial charge in [0.05, 0.1) is 6.54 Å². The maximum atomic E-state index is 13.6. The number of halogens is 4. The highest BCUT2D eigenvalue weighted by Gasteiger charge is 2.42. The van der Waals surface area contributed by atoms with Crippen LogP contribution in [0.2, 0.25) is 0 Å². The molecule has 0 heterocycles. The lowest BCUT2D eigenvalue weighted by Gasteiger charge is -2.25. The molecule has 1 aliphatic carbocycles. The fourth-order valence-corrected chi connectivity index (χ4v) is 3.98. The zero-order valence-electron chi connectivity index (χ0n) is 18.4. The zero-order chi connectivity index (χ0) is 21.0. The first-order valence-corrected chi connectivity index (χ1v) is 10.3. The minimum Gasteiger partial charge on any atom is -0.295 e. The van der Waals surface area contributed by atoms with Crippen molar-refractivity contribution in [2.45, 2.75) is 45.3 Å². The van der Waals surface area contributed by atoms with E-state index in [1.165, 1.54) is 23.3 Å². The lowest BCUT2D eigenvalue weighted by Crippen LogP contribution is -2.30. The molecule has 6 heteroatoms. The highest BCUT2D eigenvalue weighted by atomic mass is 35.5. The van der Waals surface area contributed by atoms with Gasteiger partial charge >= 0.3 is 0 Å². The molecule has 0 aliphatic heterocycles. The summed E-state index contributed by atoms with van der Waals surface area (Å²) in [5.41, 5.74) is 3.41. The van der Waals surface area contributed by atoms with Crippen molar-refractivity contribution in [1.82, 2.24) is 9.80 Å². The Balaban J connectivity index is 0.00000240. The molecule has 3 rings (SSSR count). The van der Waals surface area contributed by atoms with Crippen molar-refractivity contribution in [3.8, 4) is 12.3 Å². The molecule has 2 atom stereocenters. The van der Waals surface area contributed by atoms with Gasteiger partial charge in [-0.2, -0.15) is 0 Å². The van der Waals surface area contributed by atoms with Crippen LogP contribution in [0.5, 0.6) is 0 Å². The summed E-state index contributed by atoms with van der Waals surface area (Å²) >= 11 is 0. The van der Waals surface area contributed by atoms with Gasteiger partial charge in [-0.1, -0.05) is 50.1 Å². The van der Waals surface area contributed by atoms with Gasteiger partial charge in [-0.05, 0) is 48.2 Å². The quantitative estimate of drug-likeness (QED) is 0.423. The highest BCUT2D eigenvalue weighted by Crippen LogP contribution is 2.45. The molecule has 1 aliphatic rings. The second-order valence-electron chi connectivity index (χ2n) is 8.60. The number of hydrogen-bond acceptors (Lipinski definition) is 2. The summed E-state index contributed by atoms with van der Waals surface area (Å²) in [5, 5.41) is 0. The van der Waals surface area contributed by atoms with Crippen molar-refractivity contribution in [1.29, 1.82) is 0 Å². The molecule has 0 radical (unpaired) electrons. The summed E-state index contributed by atoms with van der Waals surface area (Å²) in [6.07, 6.45) is 6.36. The summed E-state index contributed by atoms with van der Waals surface area (Å²) in [6.45, 7) is 7.75. The van der Waals surface area contributed by atoms with Crippen molar-refractivity contribution >= 4 is 24.8 Å². The number of benzene rings is 2. The van der Waals surface area contributed by atoms with Gasteiger partial charge in [0.1, 0.15) is 0 Å². The number of hydrogen-bond donors (Lipinski definition) is 0. The van der Waals surface area contributed by atoms with E-state index in [4.69, 9.17) is 6.42 Å². The molecule has 0 amide bonds. The summed E-state index contributed by atoms with van der Waals surface area (Å²) in [4.78, 5) is 4.59. The average molecular weight is 469 g/mol. The maximum Gasteiger partial charge on any atom is 0.159 e. The Bertz CT molecular complexity index is 865. The van der Waals surface area contributed by atoms with E-state index in [0.717, 1.165) is 31.6 Å². The Morgan fingerprint density at radius 3 is 2.16 bits per heavy atom. The third-order valence-electron chi connectivity index (χ3n) is 5.42. The Morgan fingerprint density at radius 1 is 1.00 bits per heavy atom. The fourth-order valence-electron chi connectivity index (χ4n) is 3.98. The smallest absolute Gasteiger partial charge is 0.159 e. The second kappa shape index (κ2) is 12.4. The molecule has 0 spiro atoms. The van der Waals surface area contributed by atoms with Crippen LogP contribution >= 0.6 is 24.8 Å². The molecule has 0 bridgehead atoms. The Hall–Kier alpha value is -1.64. The molecule has 2 aromatic rings. The van der Waals surface area contributed by atoms with Gasteiger partial charge in [0.25, 0.3) is 0 Å². The molecule has 1 fully saturated rings. The van der Waals surface area contributed by atoms with Crippen molar-refractivity contribution in [2.75, 3.05) is 20.1 Å². The molecule has 31 heavy (non-hydrogen) atoms. The Kier molecular flexibility index (Phi) is 11.0. The van der Waals surface area contributed by atoms with E-state index in [1.807, 2.05) is 7.05 Å². The fraction of sp³-hybridized carbons (Fsp3) is 0.440. The Morgan fingerprint density at radius 2 is 1.61 bits per heavy atom. The molecule has 2 aromatic carbocycles. The monoisotopic (exact) mass is 468 g/mol. The van der Waals surface area contributed by atoms with Gasteiger partial charge in [0, 0.05) is 31.6 Å². The minimum atomic E-state index is -0.780. The van der Waals surface area contributed by atoms with Crippen LogP contribution in [0.15, 0.2) is 42.5 Å². The van der Waals surface area contributed by atoms with Gasteiger partial charge in [-0.3, -0.25) is 9.80 Å². The standard InChI is InChI=1S/C25H30F2N2.2ClH/c1-5-12-28(4)16-19-6-8-20(9-7-19)17-29(15-18(2)3)25-14-22(25)21-10-11-23(26)24(27)13-21;;/h1,6-11,13,18,22,25H,12,14-17H2,2-4H3;2*1H/t22-,25+;;/m0../s1. The minimum absolute atomic E-state index is 0. The van der Waals surface area contributed by atoms with Crippen LogP contribution in [-0.2, 0) is 13.1 Å². The van der Waals surface area contributed by atoms with Gasteiger partial charge in [-0.15, -0.1) is 31.2 Å². The van der Waals surface area contributed by atoms with E-state index in [-0.39, 0.29) is 30.7 Å². The van der Waals surface area contributed by atoms with Gasteiger partial charge in [0.2, 0.25) is 0 Å². The third-order valence-corrected chi connectivity index (χ3v) is 5.42. The molecule has 0 aromatic heterocycles. The molecule has 0 N–H and O–H groups in total. The average Bonchev–Trinajstić information content (AvgIpc) is 3.46. The van der Waals surface area contributed by atoms with E-state index in [9.17, 15) is 8.78 Å². The van der Waals surface area contributed by atoms with Crippen LogP contribution in [0.25, 0.3) is 0 Å². The summed E-state index contributed by atoms with van der Waals surface area (Å²) in [5.74, 6) is 1.94. The van der Waals surface area contributed by atoms with Crippen molar-refractivity contribution in [3.05, 3.63) is 70.8 Å². The molecular formula is C25H32Cl2F2N2. The van der Waals surface area contributed by atoms with E-state index in [2.05, 4.69) is 53.8 Å². The molecule has 1 saturated carbocycles. The normalized spacial score (nSPS) is 17.3. The van der Waals surface area contributed by atoms with Crippen LogP contribution < -0.4 is 0 Å². The molecule has 0 unspecified atom stereocenters. The van der Waals surface area contributed by atoms with Crippen LogP contribution in [0.3, 0.4) is 0 Å². The summed E-state index contributed by atoms with van der Waals surface area (Å²) in [6, 6.07) is 13.4. The number of rotatable bonds is 9. The second-order valence-corrected chi connectivity index (χ2v) is 8.60. The highest BCUT2D eigenvalue weighted by molar-refractivity contribution is 5.85. The topological polar surface area (TPSA) is 6.48 Å². The van der Waals surface area contributed by atoms with Gasteiger partial charge in [-0.25, -0.2) is 8.78 Å². The van der Waals surface area contributed by atoms with E-state index in [1.54, 1.807) is 6.07 Å². The first kappa shape index (κ1) is 27.4. The van der Waals surface area contributed by atoms with Crippen LogP contribution in [0.1, 0.15) is 42.9 Å². The van der Waals surface area contributed by atoms with Crippen molar-refractivity contribution in [2.24, 2.45) is 5.92 Å². The number of terminal acetylenes is 1. The van der Waals surface area contributed by atoms with Crippen molar-refractivity contribution < 1.29 is 8.78 Å². The first-order chi connectivity index (χ1) is 13.9. The molecule has 170 valence electrons.